The van der Waals surface area contributed by atoms with Crippen LogP contribution in [0.4, 0.5) is 11.4 Å². The van der Waals surface area contributed by atoms with Crippen LogP contribution in [0.2, 0.25) is 0 Å². The molecular weight excluding hydrogens is 574 g/mol. The van der Waals surface area contributed by atoms with Crippen molar-refractivity contribution in [3.63, 3.8) is 0 Å². The number of ether oxygens (including phenoxy) is 1. The van der Waals surface area contributed by atoms with Crippen molar-refractivity contribution in [3.05, 3.63) is 113 Å². The lowest BCUT2D eigenvalue weighted by molar-refractivity contribution is 0.101. The van der Waals surface area contributed by atoms with Crippen molar-refractivity contribution >= 4 is 23.2 Å². The second-order valence-corrected chi connectivity index (χ2v) is 11.6. The van der Waals surface area contributed by atoms with Crippen molar-refractivity contribution in [2.45, 2.75) is 64.9 Å². The maximum atomic E-state index is 13.1. The highest BCUT2D eigenvalue weighted by Gasteiger charge is 2.14. The molecule has 0 aliphatic rings. The van der Waals surface area contributed by atoms with Gasteiger partial charge in [0.2, 0.25) is 0 Å². The lowest BCUT2D eigenvalue weighted by Gasteiger charge is -2.15. The van der Waals surface area contributed by atoms with Gasteiger partial charge >= 0.3 is 0 Å². The first kappa shape index (κ1) is 34.4. The van der Waals surface area contributed by atoms with Crippen molar-refractivity contribution in [1.29, 1.82) is 0 Å². The van der Waals surface area contributed by atoms with E-state index in [0.29, 0.717) is 33.8 Å². The molecule has 4 aromatic carbocycles. The third-order valence-corrected chi connectivity index (χ3v) is 8.29. The van der Waals surface area contributed by atoms with Crippen LogP contribution in [0, 0.1) is 0 Å². The van der Waals surface area contributed by atoms with Crippen LogP contribution in [0.25, 0.3) is 11.1 Å². The minimum atomic E-state index is -0.237. The van der Waals surface area contributed by atoms with E-state index in [1.54, 1.807) is 25.3 Å². The average molecular weight is 622 g/mol. The average Bonchev–Trinajstić information content (AvgIpc) is 3.10. The Hall–Kier alpha value is -4.46. The maximum Gasteiger partial charge on any atom is 0.255 e. The number of carbonyl (C=O) groups is 2. The number of benzene rings is 4. The van der Waals surface area contributed by atoms with Gasteiger partial charge in [0.1, 0.15) is 5.75 Å². The minimum absolute atomic E-state index is 0.203. The number of aryl methyl sites for hydroxylation is 2. The highest BCUT2D eigenvalue weighted by atomic mass is 16.5. The molecule has 0 aromatic heterocycles. The summed E-state index contributed by atoms with van der Waals surface area (Å²) in [5.41, 5.74) is 6.95. The quantitative estimate of drug-likeness (QED) is 0.0895. The third kappa shape index (κ3) is 9.77. The lowest BCUT2D eigenvalue weighted by atomic mass is 10.0. The smallest absolute Gasteiger partial charge is 0.255 e. The summed E-state index contributed by atoms with van der Waals surface area (Å²) < 4.78 is 5.63. The van der Waals surface area contributed by atoms with Crippen LogP contribution in [-0.4, -0.2) is 37.6 Å². The summed E-state index contributed by atoms with van der Waals surface area (Å²) in [5.74, 6) is 0.0846. The zero-order chi connectivity index (χ0) is 32.7. The Labute approximate surface area is 273 Å². The topological polar surface area (TPSA) is 99.7 Å². The predicted molar refractivity (Wildman–Crippen MR) is 188 cm³/mol. The Morgan fingerprint density at radius 3 is 1.80 bits per heavy atom. The standard InChI is InChI=1S/C39H47N3O4/c1-4-28-12-16-30(17-13-28)38(44)41-35-22-20-32(25-34(35)27-43)33-21-23-36(37(26-33)46-3)42-39(45)31-18-14-29(15-19-31)11-9-7-5-6-8-10-24-40-2/h12-23,25-26,40,43H,4-11,24,27H2,1-3H3,(H,41,44)(H,42,45). The molecule has 0 bridgehead atoms. The molecule has 2 amide bonds. The molecule has 7 heteroatoms. The number of hydrogen-bond acceptors (Lipinski definition) is 5. The van der Waals surface area contributed by atoms with Crippen molar-refractivity contribution < 1.29 is 19.4 Å². The van der Waals surface area contributed by atoms with Crippen molar-refractivity contribution in [2.24, 2.45) is 0 Å². The fraction of sp³-hybridized carbons (Fsp3) is 0.333. The van der Waals surface area contributed by atoms with Crippen LogP contribution < -0.4 is 20.7 Å². The fourth-order valence-corrected chi connectivity index (χ4v) is 5.44. The summed E-state index contributed by atoms with van der Waals surface area (Å²) >= 11 is 0. The van der Waals surface area contributed by atoms with Crippen LogP contribution in [0.15, 0.2) is 84.9 Å². The van der Waals surface area contributed by atoms with Gasteiger partial charge in [-0.05, 0) is 110 Å². The number of carbonyl (C=O) groups excluding carboxylic acids is 2. The third-order valence-electron chi connectivity index (χ3n) is 8.29. The summed E-state index contributed by atoms with van der Waals surface area (Å²) in [7, 11) is 3.57. The Morgan fingerprint density at radius 1 is 0.674 bits per heavy atom. The molecule has 0 fully saturated rings. The predicted octanol–water partition coefficient (Wildman–Crippen LogP) is 8.02. The molecule has 242 valence electrons. The van der Waals surface area contributed by atoms with Gasteiger partial charge < -0.3 is 25.8 Å². The summed E-state index contributed by atoms with van der Waals surface area (Å²) in [5, 5.41) is 19.2. The SMILES string of the molecule is CCc1ccc(C(=O)Nc2ccc(-c3ccc(NC(=O)c4ccc(CCCCCCCCNC)cc4)c(OC)c3)cc2CO)cc1. The minimum Gasteiger partial charge on any atom is -0.495 e. The number of aliphatic hydroxyl groups is 1. The molecule has 0 saturated carbocycles. The molecule has 7 nitrogen and oxygen atoms in total. The van der Waals surface area contributed by atoms with Crippen LogP contribution in [0.3, 0.4) is 0 Å². The summed E-state index contributed by atoms with van der Waals surface area (Å²) in [6, 6.07) is 26.4. The Bertz CT molecular complexity index is 1570. The number of unbranched alkanes of at least 4 members (excludes halogenated alkanes) is 5. The van der Waals surface area contributed by atoms with Crippen molar-refractivity contribution in [3.8, 4) is 16.9 Å². The van der Waals surface area contributed by atoms with Crippen LogP contribution in [-0.2, 0) is 19.4 Å². The number of aliphatic hydroxyl groups excluding tert-OH is 1. The van der Waals surface area contributed by atoms with Gasteiger partial charge in [0, 0.05) is 22.4 Å². The number of nitrogens with one attached hydrogen (secondary N) is 3. The Kier molecular flexibility index (Phi) is 13.4. The molecule has 4 aromatic rings. The second-order valence-electron chi connectivity index (χ2n) is 11.6. The molecular formula is C39H47N3O4. The van der Waals surface area contributed by atoms with Crippen molar-refractivity contribution in [2.75, 3.05) is 31.3 Å². The number of hydrogen-bond donors (Lipinski definition) is 4. The van der Waals surface area contributed by atoms with E-state index < -0.39 is 0 Å². The van der Waals surface area contributed by atoms with E-state index in [2.05, 4.69) is 22.9 Å². The molecule has 0 aliphatic carbocycles. The van der Waals surface area contributed by atoms with Crippen LogP contribution >= 0.6 is 0 Å². The van der Waals surface area contributed by atoms with E-state index in [0.717, 1.165) is 42.5 Å². The second kappa shape index (κ2) is 17.9. The first-order valence-corrected chi connectivity index (χ1v) is 16.3. The molecule has 46 heavy (non-hydrogen) atoms. The van der Waals surface area contributed by atoms with E-state index in [1.165, 1.54) is 37.7 Å². The first-order chi connectivity index (χ1) is 22.4. The molecule has 0 atom stereocenters. The van der Waals surface area contributed by atoms with Gasteiger partial charge in [-0.3, -0.25) is 9.59 Å². The van der Waals surface area contributed by atoms with Crippen LogP contribution in [0.5, 0.6) is 5.75 Å². The van der Waals surface area contributed by atoms with Gasteiger partial charge in [0.25, 0.3) is 11.8 Å². The van der Waals surface area contributed by atoms with E-state index in [1.807, 2.05) is 73.8 Å². The van der Waals surface area contributed by atoms with Gasteiger partial charge in [-0.1, -0.05) is 69.0 Å². The van der Waals surface area contributed by atoms with Crippen molar-refractivity contribution in [1.82, 2.24) is 5.32 Å². The van der Waals surface area contributed by atoms with E-state index in [4.69, 9.17) is 4.74 Å². The molecule has 0 heterocycles. The van der Waals surface area contributed by atoms with E-state index in [-0.39, 0.29) is 18.4 Å². The van der Waals surface area contributed by atoms with Gasteiger partial charge in [-0.15, -0.1) is 0 Å². The maximum absolute atomic E-state index is 13.1. The number of anilines is 2. The Morgan fingerprint density at radius 2 is 1.22 bits per heavy atom. The normalized spacial score (nSPS) is 10.9. The molecule has 0 unspecified atom stereocenters. The van der Waals surface area contributed by atoms with Gasteiger partial charge in [0.15, 0.2) is 0 Å². The molecule has 0 aliphatic heterocycles. The highest BCUT2D eigenvalue weighted by Crippen LogP contribution is 2.33. The Balaban J connectivity index is 1.35. The molecule has 0 saturated heterocycles. The zero-order valence-corrected chi connectivity index (χ0v) is 27.3. The highest BCUT2D eigenvalue weighted by molar-refractivity contribution is 6.06. The molecule has 0 spiro atoms. The van der Waals surface area contributed by atoms with Gasteiger partial charge in [0.05, 0.1) is 19.4 Å². The van der Waals surface area contributed by atoms with Gasteiger partial charge in [-0.25, -0.2) is 0 Å². The van der Waals surface area contributed by atoms with Gasteiger partial charge in [-0.2, -0.15) is 0 Å². The van der Waals surface area contributed by atoms with E-state index >= 15 is 0 Å². The van der Waals surface area contributed by atoms with Crippen LogP contribution in [0.1, 0.15) is 82.9 Å². The summed E-state index contributed by atoms with van der Waals surface area (Å²) in [4.78, 5) is 25.9. The largest absolute Gasteiger partial charge is 0.495 e. The monoisotopic (exact) mass is 621 g/mol. The molecule has 0 radical (unpaired) electrons. The molecule has 4 N–H and O–H groups in total. The van der Waals surface area contributed by atoms with E-state index in [9.17, 15) is 14.7 Å². The first-order valence-electron chi connectivity index (χ1n) is 16.3. The zero-order valence-electron chi connectivity index (χ0n) is 27.3. The molecule has 4 rings (SSSR count). The number of amides is 2. The summed E-state index contributed by atoms with van der Waals surface area (Å²) in [6.45, 7) is 2.93. The fourth-order valence-electron chi connectivity index (χ4n) is 5.44. The lowest BCUT2D eigenvalue weighted by Crippen LogP contribution is -2.13. The summed E-state index contributed by atoms with van der Waals surface area (Å²) in [6.07, 6.45) is 9.40. The number of rotatable bonds is 17. The number of methoxy groups -OCH3 is 1.